The second kappa shape index (κ2) is 6.98. The van der Waals surface area contributed by atoms with Crippen LogP contribution in [-0.2, 0) is 28.5 Å². The van der Waals surface area contributed by atoms with Crippen molar-refractivity contribution in [3.8, 4) is 0 Å². The van der Waals surface area contributed by atoms with Gasteiger partial charge in [-0.05, 0) is 33.6 Å². The van der Waals surface area contributed by atoms with Crippen molar-refractivity contribution in [2.24, 2.45) is 5.41 Å². The van der Waals surface area contributed by atoms with E-state index in [9.17, 15) is 14.4 Å². The lowest BCUT2D eigenvalue weighted by Gasteiger charge is -2.22. The summed E-state index contributed by atoms with van der Waals surface area (Å²) < 4.78 is 19.0. The van der Waals surface area contributed by atoms with Crippen molar-refractivity contribution in [2.75, 3.05) is 19.3 Å². The van der Waals surface area contributed by atoms with Crippen molar-refractivity contribution in [1.82, 2.24) is 0 Å². The first kappa shape index (κ1) is 17.6. The quantitative estimate of drug-likeness (QED) is 0.243. The minimum atomic E-state index is -1.20. The third-order valence-electron chi connectivity index (χ3n) is 2.64. The van der Waals surface area contributed by atoms with Gasteiger partial charge in [0.25, 0.3) is 0 Å². The predicted molar refractivity (Wildman–Crippen MR) is 71.6 cm³/mol. The molecular formula is C13H19ClO7. The largest absolute Gasteiger partial charge is 0.509 e. The van der Waals surface area contributed by atoms with Gasteiger partial charge in [-0.3, -0.25) is 9.59 Å². The zero-order valence-corrected chi connectivity index (χ0v) is 13.0. The molecule has 7 nitrogen and oxygen atoms in total. The third-order valence-corrected chi connectivity index (χ3v) is 2.75. The number of carbonyl (C=O) groups excluding carboxylic acids is 3. The Morgan fingerprint density at radius 3 is 2.05 bits per heavy atom. The molecule has 0 aromatic rings. The van der Waals surface area contributed by atoms with E-state index in [-0.39, 0.29) is 19.3 Å². The zero-order chi connectivity index (χ0) is 16.1. The molecule has 0 aliphatic heterocycles. The number of carbonyl (C=O) groups is 3. The summed E-state index contributed by atoms with van der Waals surface area (Å²) in [6.07, 6.45) is -0.152. The van der Waals surface area contributed by atoms with Crippen molar-refractivity contribution >= 4 is 29.7 Å². The zero-order valence-electron chi connectivity index (χ0n) is 12.3. The Kier molecular flexibility index (Phi) is 5.83. The first-order valence-corrected chi connectivity index (χ1v) is 7.01. The first-order chi connectivity index (χ1) is 9.71. The molecule has 21 heavy (non-hydrogen) atoms. The minimum Gasteiger partial charge on any atom is -0.461 e. The highest BCUT2D eigenvalue weighted by Gasteiger charge is 2.60. The Balaban J connectivity index is 2.35. The van der Waals surface area contributed by atoms with Crippen LogP contribution in [0.2, 0.25) is 0 Å². The molecule has 1 saturated carbocycles. The second-order valence-corrected chi connectivity index (χ2v) is 5.79. The van der Waals surface area contributed by atoms with Crippen molar-refractivity contribution in [2.45, 2.75) is 39.2 Å². The molecule has 0 bridgehead atoms. The summed E-state index contributed by atoms with van der Waals surface area (Å²) in [5, 5.41) is 0. The molecule has 8 heteroatoms. The minimum absolute atomic E-state index is 0.166. The highest BCUT2D eigenvalue weighted by Crippen LogP contribution is 2.48. The van der Waals surface area contributed by atoms with E-state index < -0.39 is 29.1 Å². The van der Waals surface area contributed by atoms with Crippen LogP contribution in [0.4, 0.5) is 4.79 Å². The molecule has 0 saturated heterocycles. The molecule has 1 fully saturated rings. The fourth-order valence-electron chi connectivity index (χ4n) is 1.48. The fourth-order valence-corrected chi connectivity index (χ4v) is 1.57. The van der Waals surface area contributed by atoms with E-state index in [0.29, 0.717) is 12.8 Å². The van der Waals surface area contributed by atoms with E-state index in [1.165, 1.54) is 0 Å². The van der Waals surface area contributed by atoms with Gasteiger partial charge in [-0.15, -0.1) is 0 Å². The average molecular weight is 323 g/mol. The van der Waals surface area contributed by atoms with Crippen molar-refractivity contribution in [3.05, 3.63) is 0 Å². The van der Waals surface area contributed by atoms with Crippen molar-refractivity contribution in [3.63, 3.8) is 0 Å². The SMILES string of the molecule is CC(C)(C)OC(=O)C1(C(=O)OCCOC(=O)OCCl)CC1. The van der Waals surface area contributed by atoms with Crippen LogP contribution in [-0.4, -0.2) is 43.0 Å². The van der Waals surface area contributed by atoms with Crippen LogP contribution >= 0.6 is 11.6 Å². The molecule has 0 aromatic heterocycles. The van der Waals surface area contributed by atoms with Gasteiger partial charge >= 0.3 is 18.1 Å². The number of alkyl halides is 1. The molecule has 0 unspecified atom stereocenters. The maximum atomic E-state index is 12.0. The number of halogens is 1. The summed E-state index contributed by atoms with van der Waals surface area (Å²) in [5.74, 6) is -1.24. The lowest BCUT2D eigenvalue weighted by Crippen LogP contribution is -2.35. The number of esters is 2. The first-order valence-electron chi connectivity index (χ1n) is 6.47. The number of ether oxygens (including phenoxy) is 4. The molecule has 0 radical (unpaired) electrons. The molecule has 1 rings (SSSR count). The van der Waals surface area contributed by atoms with Crippen LogP contribution in [0.3, 0.4) is 0 Å². The summed E-state index contributed by atoms with van der Waals surface area (Å²) in [7, 11) is 0. The fraction of sp³-hybridized carbons (Fsp3) is 0.769. The van der Waals surface area contributed by atoms with E-state index in [1.807, 2.05) is 0 Å². The molecule has 0 atom stereocenters. The topological polar surface area (TPSA) is 88.1 Å². The Hall–Kier alpha value is -1.50. The van der Waals surface area contributed by atoms with Crippen LogP contribution in [0.5, 0.6) is 0 Å². The van der Waals surface area contributed by atoms with Gasteiger partial charge in [0, 0.05) is 0 Å². The summed E-state index contributed by atoms with van der Waals surface area (Å²) in [4.78, 5) is 34.7. The van der Waals surface area contributed by atoms with Crippen molar-refractivity contribution in [1.29, 1.82) is 0 Å². The van der Waals surface area contributed by atoms with Crippen LogP contribution < -0.4 is 0 Å². The lowest BCUT2D eigenvalue weighted by molar-refractivity contribution is -0.172. The van der Waals surface area contributed by atoms with Crippen LogP contribution in [0.25, 0.3) is 0 Å². The van der Waals surface area contributed by atoms with Crippen LogP contribution in [0, 0.1) is 5.41 Å². The van der Waals surface area contributed by atoms with Gasteiger partial charge in [0.05, 0.1) is 0 Å². The average Bonchev–Trinajstić information content (AvgIpc) is 3.14. The van der Waals surface area contributed by atoms with Crippen LogP contribution in [0.15, 0.2) is 0 Å². The summed E-state index contributed by atoms with van der Waals surface area (Å²) in [5.41, 5.74) is -1.87. The molecular weight excluding hydrogens is 304 g/mol. The molecule has 1 aliphatic carbocycles. The van der Waals surface area contributed by atoms with Gasteiger partial charge < -0.3 is 18.9 Å². The maximum absolute atomic E-state index is 12.0. The summed E-state index contributed by atoms with van der Waals surface area (Å²) in [6.45, 7) is 4.83. The van der Waals surface area contributed by atoms with Gasteiger partial charge in [0.2, 0.25) is 0 Å². The number of hydrogen-bond donors (Lipinski definition) is 0. The van der Waals surface area contributed by atoms with Gasteiger partial charge in [-0.25, -0.2) is 4.79 Å². The lowest BCUT2D eigenvalue weighted by atomic mass is 10.1. The van der Waals surface area contributed by atoms with Gasteiger partial charge in [-0.1, -0.05) is 11.6 Å². The predicted octanol–water partition coefficient (Wildman–Crippen LogP) is 2.00. The monoisotopic (exact) mass is 322 g/mol. The van der Waals surface area contributed by atoms with E-state index >= 15 is 0 Å². The summed E-state index contributed by atoms with van der Waals surface area (Å²) >= 11 is 5.16. The van der Waals surface area contributed by atoms with E-state index in [4.69, 9.17) is 21.1 Å². The molecule has 0 amide bonds. The van der Waals surface area contributed by atoms with Crippen molar-refractivity contribution < 1.29 is 33.3 Å². The molecule has 120 valence electrons. The van der Waals surface area contributed by atoms with E-state index in [2.05, 4.69) is 9.47 Å². The van der Waals surface area contributed by atoms with E-state index in [0.717, 1.165) is 0 Å². The van der Waals surface area contributed by atoms with E-state index in [1.54, 1.807) is 20.8 Å². The van der Waals surface area contributed by atoms with Crippen LogP contribution in [0.1, 0.15) is 33.6 Å². The maximum Gasteiger partial charge on any atom is 0.509 e. The second-order valence-electron chi connectivity index (χ2n) is 5.57. The van der Waals surface area contributed by atoms with Gasteiger partial charge in [-0.2, -0.15) is 0 Å². The Morgan fingerprint density at radius 2 is 1.57 bits per heavy atom. The highest BCUT2D eigenvalue weighted by molar-refractivity contribution is 6.17. The molecule has 0 spiro atoms. The van der Waals surface area contributed by atoms with Gasteiger partial charge in [0.15, 0.2) is 11.5 Å². The Labute approximate surface area is 127 Å². The smallest absolute Gasteiger partial charge is 0.461 e. The normalized spacial score (nSPS) is 15.8. The standard InChI is InChI=1S/C13H19ClO7/c1-12(2,3)21-10(16)13(4-5-13)9(15)18-6-7-19-11(17)20-8-14/h4-8H2,1-3H3. The number of hydrogen-bond acceptors (Lipinski definition) is 7. The summed E-state index contributed by atoms with van der Waals surface area (Å²) in [6, 6.07) is -0.319. The molecule has 0 heterocycles. The number of rotatable bonds is 6. The molecule has 0 aromatic carbocycles. The highest BCUT2D eigenvalue weighted by atomic mass is 35.5. The van der Waals surface area contributed by atoms with Gasteiger partial charge in [0.1, 0.15) is 18.8 Å². The Bertz CT molecular complexity index is 409. The Morgan fingerprint density at radius 1 is 1.00 bits per heavy atom. The molecule has 0 N–H and O–H groups in total. The third kappa shape index (κ3) is 5.41. The molecule has 1 aliphatic rings.